The van der Waals surface area contributed by atoms with E-state index in [1.54, 1.807) is 36.5 Å². The zero-order chi connectivity index (χ0) is 17.4. The summed E-state index contributed by atoms with van der Waals surface area (Å²) in [4.78, 5) is 0.283. The van der Waals surface area contributed by atoms with Crippen molar-refractivity contribution in [1.29, 1.82) is 0 Å². The normalized spacial score (nSPS) is 12.0. The van der Waals surface area contributed by atoms with Crippen molar-refractivity contribution in [1.82, 2.24) is 3.97 Å². The van der Waals surface area contributed by atoms with E-state index in [0.717, 1.165) is 10.9 Å². The molecule has 0 fully saturated rings. The number of benzene rings is 2. The first kappa shape index (κ1) is 16.6. The van der Waals surface area contributed by atoms with E-state index in [1.807, 2.05) is 24.3 Å². The third kappa shape index (κ3) is 3.30. The van der Waals surface area contributed by atoms with E-state index in [0.29, 0.717) is 5.52 Å². The lowest BCUT2D eigenvalue weighted by Crippen LogP contribution is -2.16. The van der Waals surface area contributed by atoms with Gasteiger partial charge in [0, 0.05) is 17.1 Å². The Labute approximate surface area is 144 Å². The second-order valence-electron chi connectivity index (χ2n) is 6.70. The molecule has 3 aromatic rings. The van der Waals surface area contributed by atoms with Crippen LogP contribution in [0.4, 0.5) is 0 Å². The molecule has 0 N–H and O–H groups in total. The minimum Gasteiger partial charge on any atom is -0.241 e. The average Bonchev–Trinajstić information content (AvgIpc) is 2.97. The van der Waals surface area contributed by atoms with Crippen molar-refractivity contribution in [2.24, 2.45) is 0 Å². The largest absolute Gasteiger partial charge is 0.268 e. The molecule has 122 valence electrons. The number of nitrogens with zero attached hydrogens (tertiary/aromatic N) is 1. The van der Waals surface area contributed by atoms with Crippen LogP contribution >= 0.6 is 0 Å². The first-order valence-electron chi connectivity index (χ1n) is 7.72. The third-order valence-electron chi connectivity index (χ3n) is 3.54. The van der Waals surface area contributed by atoms with E-state index >= 15 is 0 Å². The molecule has 0 bridgehead atoms. The molecule has 1 heterocycles. The summed E-state index contributed by atoms with van der Waals surface area (Å²) in [5.74, 6) is 3.21. The number of hydrogen-bond acceptors (Lipinski definition) is 2. The molecule has 5 heteroatoms. The third-order valence-corrected chi connectivity index (χ3v) is 6.12. The highest BCUT2D eigenvalue weighted by atomic mass is 32.2. The van der Waals surface area contributed by atoms with Crippen LogP contribution in [-0.4, -0.2) is 20.5 Å². The van der Waals surface area contributed by atoms with Gasteiger partial charge >= 0.3 is 0 Å². The van der Waals surface area contributed by atoms with Crippen molar-refractivity contribution in [3.63, 3.8) is 0 Å². The molecule has 0 saturated heterocycles. The Morgan fingerprint density at radius 3 is 2.33 bits per heavy atom. The highest BCUT2D eigenvalue weighted by molar-refractivity contribution is 7.90. The molecular weight excluding hydrogens is 334 g/mol. The highest BCUT2D eigenvalue weighted by Gasteiger charge is 2.18. The van der Waals surface area contributed by atoms with Crippen LogP contribution in [0, 0.1) is 11.5 Å². The van der Waals surface area contributed by atoms with Gasteiger partial charge in [-0.1, -0.05) is 43.8 Å². The van der Waals surface area contributed by atoms with Crippen molar-refractivity contribution in [2.75, 3.05) is 0 Å². The Morgan fingerprint density at radius 1 is 0.958 bits per heavy atom. The minimum atomic E-state index is -3.58. The van der Waals surface area contributed by atoms with Crippen LogP contribution in [-0.2, 0) is 10.0 Å². The molecule has 0 aliphatic rings. The minimum absolute atomic E-state index is 0.283. The van der Waals surface area contributed by atoms with Crippen molar-refractivity contribution in [3.05, 3.63) is 66.4 Å². The van der Waals surface area contributed by atoms with E-state index in [4.69, 9.17) is 0 Å². The summed E-state index contributed by atoms with van der Waals surface area (Å²) in [6.07, 6.45) is 1.60. The number of rotatable bonds is 2. The molecule has 24 heavy (non-hydrogen) atoms. The van der Waals surface area contributed by atoms with E-state index in [2.05, 4.69) is 31.1 Å². The van der Waals surface area contributed by atoms with E-state index < -0.39 is 18.1 Å². The van der Waals surface area contributed by atoms with Gasteiger partial charge in [0.2, 0.25) is 0 Å². The lowest BCUT2D eigenvalue weighted by molar-refractivity contribution is 0.589. The molecule has 0 saturated carbocycles. The van der Waals surface area contributed by atoms with E-state index in [9.17, 15) is 8.42 Å². The van der Waals surface area contributed by atoms with Crippen LogP contribution < -0.4 is 0 Å². The fourth-order valence-electron chi connectivity index (χ4n) is 2.37. The Kier molecular flexibility index (Phi) is 4.12. The Bertz CT molecular complexity index is 1050. The Morgan fingerprint density at radius 2 is 1.67 bits per heavy atom. The molecule has 0 aliphatic carbocycles. The summed E-state index contributed by atoms with van der Waals surface area (Å²) in [5.41, 5.74) is 4.91. The molecule has 3 nitrogen and oxygen atoms in total. The van der Waals surface area contributed by atoms with Crippen LogP contribution in [0.25, 0.3) is 10.9 Å². The summed E-state index contributed by atoms with van der Waals surface area (Å²) >= 11 is 0. The summed E-state index contributed by atoms with van der Waals surface area (Å²) in [5, 5.41) is 0.872. The summed E-state index contributed by atoms with van der Waals surface area (Å²) in [6, 6.07) is 15.9. The predicted molar refractivity (Wildman–Crippen MR) is 101 cm³/mol. The van der Waals surface area contributed by atoms with Gasteiger partial charge in [-0.2, -0.15) is 0 Å². The summed E-state index contributed by atoms with van der Waals surface area (Å²) in [7, 11) is -5.02. The van der Waals surface area contributed by atoms with Gasteiger partial charge in [-0.3, -0.25) is 0 Å². The molecule has 2 aromatic carbocycles. The summed E-state index contributed by atoms with van der Waals surface area (Å²) < 4.78 is 26.9. The van der Waals surface area contributed by atoms with Crippen LogP contribution in [0.2, 0.25) is 19.6 Å². The predicted octanol–water partition coefficient (Wildman–Crippen LogP) is 4.11. The summed E-state index contributed by atoms with van der Waals surface area (Å²) in [6.45, 7) is 6.59. The van der Waals surface area contributed by atoms with Crippen LogP contribution in [0.1, 0.15) is 5.56 Å². The van der Waals surface area contributed by atoms with Crippen LogP contribution in [0.5, 0.6) is 0 Å². The molecule has 0 spiro atoms. The molecule has 3 rings (SSSR count). The molecule has 1 aromatic heterocycles. The van der Waals surface area contributed by atoms with Gasteiger partial charge in [-0.25, -0.2) is 12.4 Å². The first-order chi connectivity index (χ1) is 11.3. The SMILES string of the molecule is C[Si](C)(C)C#Cc1ccc2c(ccn2S(=O)(=O)c2ccccc2)c1. The van der Waals surface area contributed by atoms with Gasteiger partial charge < -0.3 is 0 Å². The zero-order valence-electron chi connectivity index (χ0n) is 13.9. The van der Waals surface area contributed by atoms with Gasteiger partial charge in [0.1, 0.15) is 8.07 Å². The van der Waals surface area contributed by atoms with Crippen molar-refractivity contribution in [3.8, 4) is 11.5 Å². The standard InChI is InChI=1S/C19H19NO2SSi/c1-24(2,3)14-12-16-9-10-19-17(15-16)11-13-20(19)23(21,22)18-7-5-4-6-8-18/h4-11,13,15H,1-3H3. The molecule has 0 amide bonds. The molecule has 0 atom stereocenters. The van der Waals surface area contributed by atoms with Gasteiger partial charge in [0.15, 0.2) is 0 Å². The topological polar surface area (TPSA) is 39.1 Å². The van der Waals surface area contributed by atoms with Crippen LogP contribution in [0.3, 0.4) is 0 Å². The molecule has 0 radical (unpaired) electrons. The number of hydrogen-bond donors (Lipinski definition) is 0. The first-order valence-corrected chi connectivity index (χ1v) is 12.7. The molecule has 0 unspecified atom stereocenters. The quantitative estimate of drug-likeness (QED) is 0.514. The van der Waals surface area contributed by atoms with Gasteiger partial charge in [-0.15, -0.1) is 5.54 Å². The molecular formula is C19H19NO2SSi. The van der Waals surface area contributed by atoms with Gasteiger partial charge in [0.25, 0.3) is 10.0 Å². The highest BCUT2D eigenvalue weighted by Crippen LogP contribution is 2.23. The fraction of sp³-hybridized carbons (Fsp3) is 0.158. The fourth-order valence-corrected chi connectivity index (χ4v) is 4.26. The van der Waals surface area contributed by atoms with Crippen LogP contribution in [0.15, 0.2) is 65.7 Å². The Hall–Kier alpha value is -2.29. The molecule has 0 aliphatic heterocycles. The number of aromatic nitrogens is 1. The lowest BCUT2D eigenvalue weighted by Gasteiger charge is -2.07. The van der Waals surface area contributed by atoms with Crippen molar-refractivity contribution >= 4 is 29.0 Å². The average molecular weight is 354 g/mol. The van der Waals surface area contributed by atoms with Gasteiger partial charge in [0.05, 0.1) is 10.4 Å². The van der Waals surface area contributed by atoms with E-state index in [-0.39, 0.29) is 4.90 Å². The van der Waals surface area contributed by atoms with E-state index in [1.165, 1.54) is 3.97 Å². The second-order valence-corrected chi connectivity index (χ2v) is 13.3. The maximum Gasteiger partial charge on any atom is 0.268 e. The smallest absolute Gasteiger partial charge is 0.241 e. The van der Waals surface area contributed by atoms with Crippen molar-refractivity contribution < 1.29 is 8.42 Å². The monoisotopic (exact) mass is 353 g/mol. The van der Waals surface area contributed by atoms with Gasteiger partial charge in [-0.05, 0) is 36.4 Å². The second kappa shape index (κ2) is 5.97. The Balaban J connectivity index is 2.08. The maximum absolute atomic E-state index is 12.8. The number of fused-ring (bicyclic) bond motifs is 1. The lowest BCUT2D eigenvalue weighted by atomic mass is 10.2. The maximum atomic E-state index is 12.8. The zero-order valence-corrected chi connectivity index (χ0v) is 15.8. The van der Waals surface area contributed by atoms with Crippen molar-refractivity contribution in [2.45, 2.75) is 24.5 Å².